The molecule has 1 aliphatic rings. The highest BCUT2D eigenvalue weighted by Gasteiger charge is 2.36. The SMILES string of the molecule is O=C(CN1C(=O)S/C(=C/c2cc(Br)ccc2OCc2ccc(F)cc2)C1=O)Nc1cccc(F)c1. The van der Waals surface area contributed by atoms with E-state index in [2.05, 4.69) is 21.2 Å². The number of nitrogens with zero attached hydrogens (tertiary/aromatic N) is 1. The van der Waals surface area contributed by atoms with Crippen molar-refractivity contribution in [2.24, 2.45) is 0 Å². The van der Waals surface area contributed by atoms with Crippen LogP contribution >= 0.6 is 27.7 Å². The number of thioether (sulfide) groups is 1. The molecule has 10 heteroatoms. The Morgan fingerprint density at radius 3 is 2.54 bits per heavy atom. The minimum atomic E-state index is -0.634. The molecule has 3 aromatic rings. The first-order chi connectivity index (χ1) is 16.8. The largest absolute Gasteiger partial charge is 0.488 e. The summed E-state index contributed by atoms with van der Waals surface area (Å²) < 4.78 is 33.0. The van der Waals surface area contributed by atoms with Crippen LogP contribution in [-0.4, -0.2) is 28.5 Å². The van der Waals surface area contributed by atoms with Gasteiger partial charge in [0.25, 0.3) is 11.1 Å². The molecule has 0 aliphatic carbocycles. The molecule has 6 nitrogen and oxygen atoms in total. The zero-order valence-corrected chi connectivity index (χ0v) is 20.4. The topological polar surface area (TPSA) is 75.7 Å². The lowest BCUT2D eigenvalue weighted by molar-refractivity contribution is -0.127. The fourth-order valence-corrected chi connectivity index (χ4v) is 4.40. The fraction of sp³-hybridized carbons (Fsp3) is 0.0800. The monoisotopic (exact) mass is 558 g/mol. The molecule has 0 atom stereocenters. The number of nitrogens with one attached hydrogen (secondary N) is 1. The van der Waals surface area contributed by atoms with Crippen LogP contribution in [0.1, 0.15) is 11.1 Å². The van der Waals surface area contributed by atoms with E-state index in [1.54, 1.807) is 30.3 Å². The summed E-state index contributed by atoms with van der Waals surface area (Å²) in [6.45, 7) is -0.338. The van der Waals surface area contributed by atoms with Crippen LogP contribution < -0.4 is 10.1 Å². The van der Waals surface area contributed by atoms with Crippen LogP contribution in [0.25, 0.3) is 6.08 Å². The Balaban J connectivity index is 1.48. The predicted octanol–water partition coefficient (Wildman–Crippen LogP) is 5.98. The van der Waals surface area contributed by atoms with E-state index in [0.717, 1.165) is 21.0 Å². The molecule has 3 amide bonds. The van der Waals surface area contributed by atoms with Crippen LogP contribution in [0.15, 0.2) is 76.1 Å². The molecule has 1 aliphatic heterocycles. The Labute approximate surface area is 212 Å². The summed E-state index contributed by atoms with van der Waals surface area (Å²) in [7, 11) is 0. The van der Waals surface area contributed by atoms with E-state index < -0.39 is 29.4 Å². The number of ether oxygens (including phenoxy) is 1. The van der Waals surface area contributed by atoms with Gasteiger partial charge in [0.1, 0.15) is 30.5 Å². The van der Waals surface area contributed by atoms with Gasteiger partial charge in [0.2, 0.25) is 5.91 Å². The first kappa shape index (κ1) is 24.6. The number of rotatable bonds is 7. The molecule has 178 valence electrons. The number of halogens is 3. The number of hydrogen-bond donors (Lipinski definition) is 1. The molecule has 1 fully saturated rings. The quantitative estimate of drug-likeness (QED) is 0.361. The summed E-state index contributed by atoms with van der Waals surface area (Å²) in [5.74, 6) is -1.68. The van der Waals surface area contributed by atoms with Crippen molar-refractivity contribution in [3.05, 3.63) is 98.9 Å². The van der Waals surface area contributed by atoms with Crippen LogP contribution in [0.4, 0.5) is 19.3 Å². The second-order valence-corrected chi connectivity index (χ2v) is 9.33. The third-order valence-corrected chi connectivity index (χ3v) is 6.25. The molecule has 1 saturated heterocycles. The second-order valence-electron chi connectivity index (χ2n) is 7.42. The molecular formula is C25H17BrF2N2O4S. The third kappa shape index (κ3) is 6.34. The van der Waals surface area contributed by atoms with E-state index in [1.807, 2.05) is 0 Å². The third-order valence-electron chi connectivity index (χ3n) is 4.85. The highest BCUT2D eigenvalue weighted by Crippen LogP contribution is 2.35. The molecule has 1 heterocycles. The van der Waals surface area contributed by atoms with Gasteiger partial charge < -0.3 is 10.1 Å². The van der Waals surface area contributed by atoms with Gasteiger partial charge in [0.15, 0.2) is 0 Å². The average Bonchev–Trinajstić information content (AvgIpc) is 3.07. The molecule has 0 unspecified atom stereocenters. The smallest absolute Gasteiger partial charge is 0.294 e. The van der Waals surface area contributed by atoms with Crippen molar-refractivity contribution >= 4 is 56.5 Å². The van der Waals surface area contributed by atoms with E-state index in [9.17, 15) is 23.2 Å². The molecule has 35 heavy (non-hydrogen) atoms. The first-order valence-electron chi connectivity index (χ1n) is 10.3. The van der Waals surface area contributed by atoms with Gasteiger partial charge in [-0.2, -0.15) is 0 Å². The molecule has 1 N–H and O–H groups in total. The number of hydrogen-bond acceptors (Lipinski definition) is 5. The lowest BCUT2D eigenvalue weighted by atomic mass is 10.1. The average molecular weight is 559 g/mol. The van der Waals surface area contributed by atoms with Gasteiger partial charge in [-0.25, -0.2) is 8.78 Å². The van der Waals surface area contributed by atoms with Gasteiger partial charge in [-0.1, -0.05) is 34.1 Å². The van der Waals surface area contributed by atoms with Crippen LogP contribution in [-0.2, 0) is 16.2 Å². The minimum absolute atomic E-state index is 0.123. The Hall–Kier alpha value is -3.50. The maximum absolute atomic E-state index is 13.3. The summed E-state index contributed by atoms with van der Waals surface area (Å²) in [6.07, 6.45) is 1.51. The summed E-state index contributed by atoms with van der Waals surface area (Å²) in [4.78, 5) is 38.6. The van der Waals surface area contributed by atoms with Gasteiger partial charge in [-0.3, -0.25) is 19.3 Å². The number of anilines is 1. The normalized spacial score (nSPS) is 14.5. The van der Waals surface area contributed by atoms with Gasteiger partial charge in [0.05, 0.1) is 4.91 Å². The molecule has 0 saturated carbocycles. The molecular weight excluding hydrogens is 542 g/mol. The Morgan fingerprint density at radius 1 is 1.03 bits per heavy atom. The molecule has 0 aromatic heterocycles. The van der Waals surface area contributed by atoms with Crippen LogP contribution in [0, 0.1) is 11.6 Å². The molecule has 0 bridgehead atoms. The lowest BCUT2D eigenvalue weighted by Gasteiger charge is -2.13. The van der Waals surface area contributed by atoms with E-state index in [-0.39, 0.29) is 23.0 Å². The van der Waals surface area contributed by atoms with Crippen molar-refractivity contribution in [1.82, 2.24) is 4.90 Å². The number of imide groups is 1. The van der Waals surface area contributed by atoms with E-state index >= 15 is 0 Å². The molecule has 3 aromatic carbocycles. The number of amides is 3. The zero-order valence-electron chi connectivity index (χ0n) is 18.0. The maximum atomic E-state index is 13.3. The van der Waals surface area contributed by atoms with Crippen molar-refractivity contribution in [3.8, 4) is 5.75 Å². The zero-order chi connectivity index (χ0) is 24.9. The van der Waals surface area contributed by atoms with Crippen LogP contribution in [0.5, 0.6) is 5.75 Å². The Kier molecular flexibility index (Phi) is 7.62. The number of carbonyl (C=O) groups is 3. The molecule has 0 radical (unpaired) electrons. The predicted molar refractivity (Wildman–Crippen MR) is 133 cm³/mol. The minimum Gasteiger partial charge on any atom is -0.488 e. The highest BCUT2D eigenvalue weighted by atomic mass is 79.9. The standard InChI is InChI=1S/C25H17BrF2N2O4S/c26-17-6-9-21(34-14-15-4-7-18(27)8-5-15)16(10-17)11-22-24(32)30(25(33)35-22)13-23(31)29-20-3-1-2-19(28)12-20/h1-12H,13-14H2,(H,29,31)/b22-11+. The first-order valence-corrected chi connectivity index (χ1v) is 11.9. The van der Waals surface area contributed by atoms with E-state index in [0.29, 0.717) is 23.1 Å². The van der Waals surface area contributed by atoms with Gasteiger partial charge in [0, 0.05) is 15.7 Å². The van der Waals surface area contributed by atoms with Gasteiger partial charge in [-0.15, -0.1) is 0 Å². The van der Waals surface area contributed by atoms with Crippen molar-refractivity contribution < 1.29 is 27.9 Å². The second kappa shape index (κ2) is 10.8. The summed E-state index contributed by atoms with van der Waals surface area (Å²) >= 11 is 4.09. The van der Waals surface area contributed by atoms with Crippen molar-refractivity contribution in [1.29, 1.82) is 0 Å². The van der Waals surface area contributed by atoms with E-state index in [1.165, 1.54) is 36.4 Å². The van der Waals surface area contributed by atoms with E-state index in [4.69, 9.17) is 4.74 Å². The van der Waals surface area contributed by atoms with Crippen molar-refractivity contribution in [3.63, 3.8) is 0 Å². The van der Waals surface area contributed by atoms with Crippen molar-refractivity contribution in [2.45, 2.75) is 6.61 Å². The lowest BCUT2D eigenvalue weighted by Crippen LogP contribution is -2.36. The number of benzene rings is 3. The van der Waals surface area contributed by atoms with Crippen LogP contribution in [0.3, 0.4) is 0 Å². The molecule has 4 rings (SSSR count). The highest BCUT2D eigenvalue weighted by molar-refractivity contribution is 9.10. The Morgan fingerprint density at radius 2 is 1.80 bits per heavy atom. The maximum Gasteiger partial charge on any atom is 0.294 e. The summed E-state index contributed by atoms with van der Waals surface area (Å²) in [6, 6.07) is 16.4. The summed E-state index contributed by atoms with van der Waals surface area (Å²) in [5.41, 5.74) is 1.51. The van der Waals surface area contributed by atoms with Gasteiger partial charge in [-0.05, 0) is 71.9 Å². The van der Waals surface area contributed by atoms with Gasteiger partial charge >= 0.3 is 0 Å². The molecule has 0 spiro atoms. The fourth-order valence-electron chi connectivity index (χ4n) is 3.19. The Bertz CT molecular complexity index is 1330. The summed E-state index contributed by atoms with van der Waals surface area (Å²) in [5, 5.41) is 1.87. The van der Waals surface area contributed by atoms with Crippen molar-refractivity contribution in [2.75, 3.05) is 11.9 Å². The van der Waals surface area contributed by atoms with Crippen LogP contribution in [0.2, 0.25) is 0 Å². The number of carbonyl (C=O) groups excluding carboxylic acids is 3.